The van der Waals surface area contributed by atoms with Crippen molar-refractivity contribution in [2.75, 3.05) is 26.2 Å². The molecule has 0 aromatic heterocycles. The Bertz CT molecular complexity index is 528. The molecule has 0 aliphatic carbocycles. The molecule has 0 saturated carbocycles. The highest BCUT2D eigenvalue weighted by Crippen LogP contribution is 2.23. The van der Waals surface area contributed by atoms with Crippen molar-refractivity contribution in [3.8, 4) is 0 Å². The normalized spacial score (nSPS) is 20.8. The number of hydrogen-bond acceptors (Lipinski definition) is 3. The van der Waals surface area contributed by atoms with Crippen molar-refractivity contribution in [1.82, 2.24) is 9.62 Å². The average Bonchev–Trinajstić information content (AvgIpc) is 2.48. The van der Waals surface area contributed by atoms with E-state index in [0.29, 0.717) is 29.8 Å². The first-order chi connectivity index (χ1) is 10.00. The summed E-state index contributed by atoms with van der Waals surface area (Å²) >= 11 is 0. The zero-order valence-electron chi connectivity index (χ0n) is 13.0. The number of nitrogens with one attached hydrogen (secondary N) is 1. The second-order valence-electron chi connectivity index (χ2n) is 6.24. The largest absolute Gasteiger partial charge is 0.316 e. The second-order valence-corrected chi connectivity index (χ2v) is 8.17. The quantitative estimate of drug-likeness (QED) is 0.877. The molecule has 4 nitrogen and oxygen atoms in total. The molecule has 1 aromatic rings. The van der Waals surface area contributed by atoms with Crippen molar-refractivity contribution in [2.24, 2.45) is 11.8 Å². The van der Waals surface area contributed by atoms with Gasteiger partial charge in [0.2, 0.25) is 10.0 Å². The predicted molar refractivity (Wildman–Crippen MR) is 85.6 cm³/mol. The molecular formula is C16H26N2O2S. The van der Waals surface area contributed by atoms with Crippen LogP contribution in [0.1, 0.15) is 26.7 Å². The Balaban J connectivity index is 1.97. The summed E-state index contributed by atoms with van der Waals surface area (Å²) in [5, 5.41) is 3.44. The molecule has 2 rings (SSSR count). The van der Waals surface area contributed by atoms with E-state index in [9.17, 15) is 8.42 Å². The molecule has 1 saturated heterocycles. The maximum atomic E-state index is 12.6. The predicted octanol–water partition coefficient (Wildman–Crippen LogP) is 2.33. The first kappa shape index (κ1) is 16.5. The van der Waals surface area contributed by atoms with Gasteiger partial charge in [-0.25, -0.2) is 8.42 Å². The minimum atomic E-state index is -3.33. The summed E-state index contributed by atoms with van der Waals surface area (Å²) < 4.78 is 26.9. The van der Waals surface area contributed by atoms with E-state index in [4.69, 9.17) is 0 Å². The number of benzene rings is 1. The van der Waals surface area contributed by atoms with Gasteiger partial charge in [0.25, 0.3) is 0 Å². The van der Waals surface area contributed by atoms with Crippen LogP contribution in [0.15, 0.2) is 35.2 Å². The van der Waals surface area contributed by atoms with Crippen molar-refractivity contribution >= 4 is 10.0 Å². The third kappa shape index (κ3) is 4.53. The topological polar surface area (TPSA) is 49.4 Å². The van der Waals surface area contributed by atoms with Crippen LogP contribution in [0.3, 0.4) is 0 Å². The number of piperidine rings is 1. The second kappa shape index (κ2) is 7.38. The van der Waals surface area contributed by atoms with Crippen LogP contribution < -0.4 is 5.32 Å². The molecule has 0 bridgehead atoms. The van der Waals surface area contributed by atoms with Crippen LogP contribution in [0, 0.1) is 11.8 Å². The molecule has 5 heteroatoms. The Labute approximate surface area is 128 Å². The monoisotopic (exact) mass is 310 g/mol. The Morgan fingerprint density at radius 1 is 1.29 bits per heavy atom. The molecule has 0 radical (unpaired) electrons. The lowest BCUT2D eigenvalue weighted by Crippen LogP contribution is -2.43. The minimum Gasteiger partial charge on any atom is -0.316 e. The first-order valence-corrected chi connectivity index (χ1v) is 9.20. The van der Waals surface area contributed by atoms with E-state index in [0.717, 1.165) is 25.9 Å². The molecule has 0 amide bonds. The molecule has 1 N–H and O–H groups in total. The fraction of sp³-hybridized carbons (Fsp3) is 0.625. The van der Waals surface area contributed by atoms with Crippen LogP contribution in [0.25, 0.3) is 0 Å². The van der Waals surface area contributed by atoms with Crippen LogP contribution in [0.4, 0.5) is 0 Å². The van der Waals surface area contributed by atoms with Crippen LogP contribution in [0.5, 0.6) is 0 Å². The molecular weight excluding hydrogens is 284 g/mol. The maximum absolute atomic E-state index is 12.6. The zero-order chi connectivity index (χ0) is 15.3. The molecule has 1 fully saturated rings. The van der Waals surface area contributed by atoms with Crippen LogP contribution >= 0.6 is 0 Å². The third-order valence-corrected chi connectivity index (χ3v) is 5.73. The van der Waals surface area contributed by atoms with Crippen LogP contribution in [-0.2, 0) is 10.0 Å². The van der Waals surface area contributed by atoms with Gasteiger partial charge in [0, 0.05) is 13.1 Å². The third-order valence-electron chi connectivity index (χ3n) is 3.85. The smallest absolute Gasteiger partial charge is 0.243 e. The van der Waals surface area contributed by atoms with E-state index in [1.807, 2.05) is 6.07 Å². The lowest BCUT2D eigenvalue weighted by atomic mass is 9.99. The zero-order valence-corrected chi connectivity index (χ0v) is 13.8. The highest BCUT2D eigenvalue weighted by atomic mass is 32.2. The van der Waals surface area contributed by atoms with Gasteiger partial charge in [-0.05, 0) is 49.9 Å². The maximum Gasteiger partial charge on any atom is 0.243 e. The van der Waals surface area contributed by atoms with E-state index < -0.39 is 10.0 Å². The van der Waals surface area contributed by atoms with Crippen molar-refractivity contribution in [1.29, 1.82) is 0 Å². The van der Waals surface area contributed by atoms with Crippen molar-refractivity contribution in [3.05, 3.63) is 30.3 Å². The van der Waals surface area contributed by atoms with Gasteiger partial charge in [-0.15, -0.1) is 0 Å². The van der Waals surface area contributed by atoms with E-state index in [2.05, 4.69) is 19.2 Å². The van der Waals surface area contributed by atoms with Gasteiger partial charge in [-0.2, -0.15) is 4.31 Å². The standard InChI is InChI=1S/C16H26N2O2S/c1-14(2)11-17-12-15-7-6-10-18(13-15)21(19,20)16-8-4-3-5-9-16/h3-5,8-9,14-15,17H,6-7,10-13H2,1-2H3. The van der Waals surface area contributed by atoms with Crippen molar-refractivity contribution < 1.29 is 8.42 Å². The summed E-state index contributed by atoms with van der Waals surface area (Å²) in [6, 6.07) is 8.75. The van der Waals surface area contributed by atoms with E-state index >= 15 is 0 Å². The Morgan fingerprint density at radius 2 is 2.00 bits per heavy atom. The van der Waals surface area contributed by atoms with Gasteiger partial charge in [-0.3, -0.25) is 0 Å². The average molecular weight is 310 g/mol. The van der Waals surface area contributed by atoms with Crippen LogP contribution in [-0.4, -0.2) is 38.9 Å². The fourth-order valence-corrected chi connectivity index (χ4v) is 4.31. The van der Waals surface area contributed by atoms with E-state index in [1.54, 1.807) is 28.6 Å². The van der Waals surface area contributed by atoms with Crippen molar-refractivity contribution in [3.63, 3.8) is 0 Å². The van der Waals surface area contributed by atoms with Gasteiger partial charge in [0.15, 0.2) is 0 Å². The van der Waals surface area contributed by atoms with Gasteiger partial charge in [0.1, 0.15) is 0 Å². The van der Waals surface area contributed by atoms with Crippen molar-refractivity contribution in [2.45, 2.75) is 31.6 Å². The SMILES string of the molecule is CC(C)CNCC1CCCN(S(=O)(=O)c2ccccc2)C1. The van der Waals surface area contributed by atoms with Gasteiger partial charge in [-0.1, -0.05) is 32.0 Å². The highest BCUT2D eigenvalue weighted by molar-refractivity contribution is 7.89. The lowest BCUT2D eigenvalue weighted by Gasteiger charge is -2.32. The molecule has 1 heterocycles. The summed E-state index contributed by atoms with van der Waals surface area (Å²) in [6.45, 7) is 7.52. The fourth-order valence-electron chi connectivity index (χ4n) is 2.73. The summed E-state index contributed by atoms with van der Waals surface area (Å²) in [7, 11) is -3.33. The van der Waals surface area contributed by atoms with Gasteiger partial charge >= 0.3 is 0 Å². The molecule has 118 valence electrons. The number of nitrogens with zero attached hydrogens (tertiary/aromatic N) is 1. The molecule has 1 aliphatic heterocycles. The van der Waals surface area contributed by atoms with Gasteiger partial charge < -0.3 is 5.32 Å². The molecule has 21 heavy (non-hydrogen) atoms. The Kier molecular flexibility index (Phi) is 5.79. The number of rotatable bonds is 6. The number of sulfonamides is 1. The lowest BCUT2D eigenvalue weighted by molar-refractivity contribution is 0.258. The Hall–Kier alpha value is -0.910. The van der Waals surface area contributed by atoms with E-state index in [1.165, 1.54) is 0 Å². The summed E-state index contributed by atoms with van der Waals surface area (Å²) in [5.74, 6) is 1.04. The summed E-state index contributed by atoms with van der Waals surface area (Å²) in [6.07, 6.45) is 2.05. The summed E-state index contributed by atoms with van der Waals surface area (Å²) in [5.41, 5.74) is 0. The number of hydrogen-bond donors (Lipinski definition) is 1. The minimum absolute atomic E-state index is 0.404. The summed E-state index contributed by atoms with van der Waals surface area (Å²) in [4.78, 5) is 0.404. The van der Waals surface area contributed by atoms with Gasteiger partial charge in [0.05, 0.1) is 4.90 Å². The van der Waals surface area contributed by atoms with E-state index in [-0.39, 0.29) is 0 Å². The molecule has 1 aliphatic rings. The molecule has 1 unspecified atom stereocenters. The molecule has 0 spiro atoms. The Morgan fingerprint density at radius 3 is 2.67 bits per heavy atom. The molecule has 1 aromatic carbocycles. The highest BCUT2D eigenvalue weighted by Gasteiger charge is 2.29. The van der Waals surface area contributed by atoms with Crippen LogP contribution in [0.2, 0.25) is 0 Å². The first-order valence-electron chi connectivity index (χ1n) is 7.76. The molecule has 1 atom stereocenters.